The van der Waals surface area contributed by atoms with E-state index in [0.717, 1.165) is 12.0 Å². The first-order valence-corrected chi connectivity index (χ1v) is 23.9. The van der Waals surface area contributed by atoms with Crippen molar-refractivity contribution in [3.05, 3.63) is 47.6 Å². The number of ketones is 3. The third-order valence-electron chi connectivity index (χ3n) is 14.5. The van der Waals surface area contributed by atoms with Crippen molar-refractivity contribution < 1.29 is 63.0 Å². The lowest BCUT2D eigenvalue weighted by molar-refractivity contribution is -0.265. The largest absolute Gasteiger partial charge is 0.460 e. The molecule has 3 N–H and O–H groups in total. The molecule has 3 aliphatic heterocycles. The molecular weight excluding hydrogens is 835 g/mol. The van der Waals surface area contributed by atoms with Gasteiger partial charge in [-0.25, -0.2) is 4.79 Å². The van der Waals surface area contributed by atoms with Gasteiger partial charge in [0.1, 0.15) is 18.2 Å². The van der Waals surface area contributed by atoms with Crippen molar-refractivity contribution in [2.24, 2.45) is 35.5 Å². The van der Waals surface area contributed by atoms with Crippen molar-refractivity contribution in [2.45, 2.75) is 180 Å². The molecule has 2 saturated heterocycles. The van der Waals surface area contributed by atoms with Gasteiger partial charge in [-0.3, -0.25) is 19.2 Å². The van der Waals surface area contributed by atoms with Gasteiger partial charge in [0.2, 0.25) is 5.79 Å². The number of carbonyl (C=O) groups excluding carboxylic acids is 5. The van der Waals surface area contributed by atoms with Gasteiger partial charge in [0, 0.05) is 58.5 Å². The molecule has 0 spiro atoms. The smallest absolute Gasteiger partial charge is 0.329 e. The Hall–Kier alpha value is -3.37. The van der Waals surface area contributed by atoms with Crippen molar-refractivity contribution in [1.82, 2.24) is 4.90 Å². The zero-order valence-corrected chi connectivity index (χ0v) is 40.6. The number of hydrogen-bond acceptors (Lipinski definition) is 13. The van der Waals surface area contributed by atoms with Crippen LogP contribution in [0.4, 0.5) is 0 Å². The van der Waals surface area contributed by atoms with Crippen LogP contribution >= 0.6 is 0 Å². The number of carbonyl (C=O) groups is 5. The molecule has 65 heavy (non-hydrogen) atoms. The van der Waals surface area contributed by atoms with Crippen molar-refractivity contribution in [2.75, 3.05) is 27.9 Å². The number of nitrogens with zero attached hydrogens (tertiary/aromatic N) is 1. The van der Waals surface area contributed by atoms with E-state index in [0.29, 0.717) is 63.4 Å². The summed E-state index contributed by atoms with van der Waals surface area (Å²) in [6.45, 7) is 12.7. The number of esters is 1. The van der Waals surface area contributed by atoms with Crippen LogP contribution in [-0.4, -0.2) is 132 Å². The minimum atomic E-state index is -2.43. The average molecular weight is 914 g/mol. The Morgan fingerprint density at radius 1 is 0.862 bits per heavy atom. The van der Waals surface area contributed by atoms with Gasteiger partial charge in [-0.05, 0) is 107 Å². The molecule has 0 aromatic rings. The number of methoxy groups -OCH3 is 3. The summed E-state index contributed by atoms with van der Waals surface area (Å²) in [6.07, 6.45) is 11.2. The van der Waals surface area contributed by atoms with Crippen LogP contribution < -0.4 is 0 Å². The summed E-state index contributed by atoms with van der Waals surface area (Å²) in [5, 5.41) is 33.9. The summed E-state index contributed by atoms with van der Waals surface area (Å²) in [6, 6.07) is -1.14. The molecule has 0 aromatic carbocycles. The van der Waals surface area contributed by atoms with Crippen LogP contribution in [-0.2, 0) is 47.7 Å². The van der Waals surface area contributed by atoms with E-state index in [1.54, 1.807) is 41.1 Å². The second-order valence-electron chi connectivity index (χ2n) is 19.6. The highest BCUT2D eigenvalue weighted by Crippen LogP contribution is 2.38. The van der Waals surface area contributed by atoms with Crippen molar-refractivity contribution in [3.8, 4) is 0 Å². The molecule has 366 valence electrons. The molecule has 3 unspecified atom stereocenters. The van der Waals surface area contributed by atoms with Gasteiger partial charge in [0.25, 0.3) is 11.7 Å². The maximum atomic E-state index is 14.4. The molecule has 0 aromatic heterocycles. The fourth-order valence-electron chi connectivity index (χ4n) is 10.1. The van der Waals surface area contributed by atoms with Crippen LogP contribution in [0.2, 0.25) is 0 Å². The van der Waals surface area contributed by atoms with Crippen molar-refractivity contribution in [3.63, 3.8) is 0 Å². The van der Waals surface area contributed by atoms with E-state index >= 15 is 0 Å². The number of Topliss-reactive ketones (excluding diaryl/α,β-unsaturated/α-hetero) is 3. The molecule has 14 nitrogen and oxygen atoms in total. The number of aliphatic hydroxyl groups excluding tert-OH is 2. The van der Waals surface area contributed by atoms with Crippen LogP contribution in [0.25, 0.3) is 0 Å². The second-order valence-corrected chi connectivity index (χ2v) is 19.6. The van der Waals surface area contributed by atoms with Crippen molar-refractivity contribution >= 4 is 29.2 Å². The fraction of sp³-hybridized carbons (Fsp3) is 0.745. The minimum absolute atomic E-state index is 0.0220. The van der Waals surface area contributed by atoms with Crippen LogP contribution in [0.3, 0.4) is 0 Å². The zero-order chi connectivity index (χ0) is 48.2. The SMILES string of the molecule is CO[C@H]1C[C@@H]2CCC(C)C(O)(O2)C(=O)C(=O)N2CCCC[C@H]2C(=O)O[C@H]([C@H](C)C[C@@H]2CC[C@@H](O)[C@H](OC)C2)CC(=O)C(C)=CC(C)[C@@H](O)[C@@H](OC)C(=O)[C@H](C)C[C@H](C)C=CC=CC=C1C. The van der Waals surface area contributed by atoms with Crippen LogP contribution in [0.1, 0.15) is 126 Å². The number of ether oxygens (including phenoxy) is 5. The molecule has 1 saturated carbocycles. The van der Waals surface area contributed by atoms with Gasteiger partial charge >= 0.3 is 5.97 Å². The highest BCUT2D eigenvalue weighted by Gasteiger charge is 2.53. The number of amides is 1. The molecule has 4 aliphatic rings. The molecule has 3 fully saturated rings. The van der Waals surface area contributed by atoms with Crippen LogP contribution in [0.5, 0.6) is 0 Å². The Bertz CT molecular complexity index is 1760. The standard InChI is InChI=1S/C51H79NO13/c1-30-16-12-11-13-17-31(2)42(61-8)28-38-21-19-36(7)51(60,65-38)48(57)49(58)52-23-15-14-18-39(52)50(59)64-43(33(4)26-37-20-22-40(53)44(27-37)62-9)29-41(54)32(3)25-35(6)46(56)47(63-10)45(55)34(5)24-30/h11-13,16-17,25,30,33-40,42-44,46-47,53,56,60H,14-15,18-24,26-29H2,1-10H3/t30-,33-,34-,35?,36?,37+,38+,39+,40-,42+,43+,44-,46-,47+,51?/m1/s1. The first kappa shape index (κ1) is 54.2. The highest BCUT2D eigenvalue weighted by molar-refractivity contribution is 6.39. The Morgan fingerprint density at radius 3 is 2.26 bits per heavy atom. The van der Waals surface area contributed by atoms with E-state index in [-0.39, 0.29) is 54.8 Å². The molecule has 15 atom stereocenters. The molecule has 1 aliphatic carbocycles. The van der Waals surface area contributed by atoms with E-state index in [9.17, 15) is 39.3 Å². The summed E-state index contributed by atoms with van der Waals surface area (Å²) in [5.74, 6) is -7.93. The third-order valence-corrected chi connectivity index (χ3v) is 14.5. The first-order chi connectivity index (χ1) is 30.7. The Morgan fingerprint density at radius 2 is 1.58 bits per heavy atom. The predicted molar refractivity (Wildman–Crippen MR) is 245 cm³/mol. The Balaban J connectivity index is 1.70. The average Bonchev–Trinajstić information content (AvgIpc) is 3.28. The number of rotatable bonds is 6. The number of allylic oxidation sites excluding steroid dienone is 6. The molecule has 3 heterocycles. The summed E-state index contributed by atoms with van der Waals surface area (Å²) >= 11 is 0. The van der Waals surface area contributed by atoms with Crippen LogP contribution in [0, 0.1) is 35.5 Å². The van der Waals surface area contributed by atoms with E-state index in [4.69, 9.17) is 23.7 Å². The first-order valence-electron chi connectivity index (χ1n) is 23.9. The fourth-order valence-corrected chi connectivity index (χ4v) is 10.1. The number of cyclic esters (lactones) is 1. The third kappa shape index (κ3) is 14.3. The highest BCUT2D eigenvalue weighted by atomic mass is 16.6. The molecule has 14 heteroatoms. The van der Waals surface area contributed by atoms with Gasteiger partial charge in [-0.15, -0.1) is 0 Å². The van der Waals surface area contributed by atoms with Gasteiger partial charge < -0.3 is 43.9 Å². The molecular formula is C51H79NO13. The second kappa shape index (κ2) is 25.1. The van der Waals surface area contributed by atoms with Gasteiger partial charge in [0.05, 0.1) is 30.5 Å². The van der Waals surface area contributed by atoms with E-state index in [2.05, 4.69) is 0 Å². The zero-order valence-electron chi connectivity index (χ0n) is 40.6. The van der Waals surface area contributed by atoms with E-state index < -0.39 is 83.9 Å². The Kier molecular flexibility index (Phi) is 21.0. The minimum Gasteiger partial charge on any atom is -0.460 e. The lowest BCUT2D eigenvalue weighted by atomic mass is 9.78. The molecule has 0 radical (unpaired) electrons. The number of fused-ring (bicyclic) bond motifs is 3. The number of aliphatic hydroxyl groups is 3. The molecule has 4 rings (SSSR count). The number of piperidine rings is 1. The van der Waals surface area contributed by atoms with E-state index in [1.807, 2.05) is 58.1 Å². The van der Waals surface area contributed by atoms with Gasteiger partial charge in [-0.2, -0.15) is 0 Å². The topological polar surface area (TPSA) is 195 Å². The predicted octanol–water partition coefficient (Wildman–Crippen LogP) is 6.18. The van der Waals surface area contributed by atoms with Crippen LogP contribution in [0.15, 0.2) is 47.6 Å². The van der Waals surface area contributed by atoms with Crippen molar-refractivity contribution in [1.29, 1.82) is 0 Å². The quantitative estimate of drug-likeness (QED) is 0.202. The summed E-state index contributed by atoms with van der Waals surface area (Å²) < 4.78 is 29.4. The monoisotopic (exact) mass is 914 g/mol. The van der Waals surface area contributed by atoms with Gasteiger partial charge in [-0.1, -0.05) is 71.1 Å². The lowest BCUT2D eigenvalue weighted by Gasteiger charge is -2.42. The summed E-state index contributed by atoms with van der Waals surface area (Å²) in [5.41, 5.74) is 1.19. The molecule has 2 bridgehead atoms. The van der Waals surface area contributed by atoms with E-state index in [1.165, 1.54) is 12.0 Å². The summed E-state index contributed by atoms with van der Waals surface area (Å²) in [4.78, 5) is 71.7. The summed E-state index contributed by atoms with van der Waals surface area (Å²) in [7, 11) is 4.53. The maximum Gasteiger partial charge on any atom is 0.329 e. The normalized spacial score (nSPS) is 37.8. The number of hydrogen-bond donors (Lipinski definition) is 3. The maximum absolute atomic E-state index is 14.4. The molecule has 1 amide bonds. The lowest BCUT2D eigenvalue weighted by Crippen LogP contribution is -2.61. The van der Waals surface area contributed by atoms with Gasteiger partial charge in [0.15, 0.2) is 11.6 Å². The Labute approximate surface area is 387 Å².